The van der Waals surface area contributed by atoms with Gasteiger partial charge in [-0.25, -0.2) is 4.79 Å². The lowest BCUT2D eigenvalue weighted by Gasteiger charge is -2.40. The van der Waals surface area contributed by atoms with Gasteiger partial charge in [-0.3, -0.25) is 9.89 Å². The Morgan fingerprint density at radius 2 is 2.07 bits per heavy atom. The molecule has 0 aromatic heterocycles. The monoisotopic (exact) mass is 489 g/mol. The summed E-state index contributed by atoms with van der Waals surface area (Å²) in [5.41, 5.74) is 1.33. The highest BCUT2D eigenvalue weighted by molar-refractivity contribution is 9.10. The molecule has 30 heavy (non-hydrogen) atoms. The van der Waals surface area contributed by atoms with Gasteiger partial charge < -0.3 is 15.2 Å². The van der Waals surface area contributed by atoms with Gasteiger partial charge in [0.1, 0.15) is 11.8 Å². The van der Waals surface area contributed by atoms with Gasteiger partial charge in [-0.15, -0.1) is 0 Å². The van der Waals surface area contributed by atoms with E-state index in [0.29, 0.717) is 24.5 Å². The maximum atomic E-state index is 11.7. The number of carboxylic acid groups (broad SMARTS) is 1. The van der Waals surface area contributed by atoms with E-state index in [4.69, 9.17) is 17.0 Å². The van der Waals surface area contributed by atoms with Gasteiger partial charge in [-0.2, -0.15) is 0 Å². The molecule has 0 saturated carbocycles. The highest BCUT2D eigenvalue weighted by Gasteiger charge is 2.37. The van der Waals surface area contributed by atoms with Gasteiger partial charge in [0.25, 0.3) is 0 Å². The van der Waals surface area contributed by atoms with E-state index in [-0.39, 0.29) is 0 Å². The first-order valence-corrected chi connectivity index (χ1v) is 10.8. The molecule has 0 amide bonds. The molecule has 0 fully saturated rings. The van der Waals surface area contributed by atoms with Crippen LogP contribution >= 0.6 is 28.1 Å². The molecule has 1 aliphatic rings. The molecule has 0 aliphatic carbocycles. The van der Waals surface area contributed by atoms with Gasteiger partial charge in [-0.05, 0) is 60.5 Å². The van der Waals surface area contributed by atoms with Gasteiger partial charge in [0, 0.05) is 11.0 Å². The van der Waals surface area contributed by atoms with E-state index < -0.39 is 17.6 Å². The van der Waals surface area contributed by atoms with Crippen molar-refractivity contribution in [1.29, 1.82) is 0 Å². The van der Waals surface area contributed by atoms with Crippen molar-refractivity contribution in [1.82, 2.24) is 10.2 Å². The predicted octanol–water partition coefficient (Wildman–Crippen LogP) is 4.17. The van der Waals surface area contributed by atoms with Crippen molar-refractivity contribution in [2.45, 2.75) is 31.3 Å². The second kappa shape index (κ2) is 9.57. The van der Waals surface area contributed by atoms with Crippen molar-refractivity contribution in [3.05, 3.63) is 64.1 Å². The summed E-state index contributed by atoms with van der Waals surface area (Å²) < 4.78 is 6.26. The van der Waals surface area contributed by atoms with Crippen LogP contribution in [0, 0.1) is 0 Å². The maximum absolute atomic E-state index is 11.7. The van der Waals surface area contributed by atoms with E-state index >= 15 is 0 Å². The summed E-state index contributed by atoms with van der Waals surface area (Å²) in [5.74, 6) is -0.158. The van der Waals surface area contributed by atoms with Crippen molar-refractivity contribution in [3.8, 4) is 5.75 Å². The number of hydrogen-bond acceptors (Lipinski definition) is 4. The van der Waals surface area contributed by atoms with Crippen LogP contribution in [0.4, 0.5) is 0 Å². The van der Waals surface area contributed by atoms with Crippen molar-refractivity contribution in [2.75, 3.05) is 13.7 Å². The fourth-order valence-electron chi connectivity index (χ4n) is 3.68. The van der Waals surface area contributed by atoms with E-state index in [2.05, 4.69) is 33.2 Å². The van der Waals surface area contributed by atoms with Gasteiger partial charge in [-0.1, -0.05) is 47.1 Å². The number of rotatable bonds is 6. The van der Waals surface area contributed by atoms with Crippen LogP contribution in [0.15, 0.2) is 58.0 Å². The van der Waals surface area contributed by atoms with Crippen LogP contribution < -0.4 is 10.1 Å². The molecule has 1 aliphatic heterocycles. The molecular weight excluding hydrogens is 466 g/mol. The normalized spacial score (nSPS) is 17.8. The molecule has 2 N–H and O–H groups in total. The summed E-state index contributed by atoms with van der Waals surface area (Å²) in [5, 5.41) is 13.4. The van der Waals surface area contributed by atoms with E-state index in [0.717, 1.165) is 21.3 Å². The van der Waals surface area contributed by atoms with Crippen molar-refractivity contribution < 1.29 is 14.6 Å². The second-order valence-corrected chi connectivity index (χ2v) is 8.30. The first-order chi connectivity index (χ1) is 14.4. The zero-order valence-electron chi connectivity index (χ0n) is 16.8. The van der Waals surface area contributed by atoms with Gasteiger partial charge in [0.05, 0.1) is 19.0 Å². The maximum Gasteiger partial charge on any atom is 0.326 e. The highest BCUT2D eigenvalue weighted by atomic mass is 79.9. The smallest absolute Gasteiger partial charge is 0.326 e. The SMILES string of the molecule is CCC(NC(=S)N1C=NCC[C@H]1C(=O)O)(c1ccc(OC)cc1)c1cccc(Br)c1. The molecule has 2 atom stereocenters. The Balaban J connectivity index is 2.06. The van der Waals surface area contributed by atoms with E-state index in [1.165, 1.54) is 11.2 Å². The number of thiocarbonyl (C=S) groups is 1. The summed E-state index contributed by atoms with van der Waals surface area (Å²) in [7, 11) is 1.63. The Kier molecular flexibility index (Phi) is 7.10. The number of halogens is 1. The summed E-state index contributed by atoms with van der Waals surface area (Å²) in [6, 6.07) is 15.1. The minimum absolute atomic E-state index is 0.323. The van der Waals surface area contributed by atoms with E-state index in [9.17, 15) is 9.90 Å². The summed E-state index contributed by atoms with van der Waals surface area (Å²) >= 11 is 9.25. The lowest BCUT2D eigenvalue weighted by atomic mass is 9.80. The Labute approximate surface area is 190 Å². The number of methoxy groups -OCH3 is 1. The Bertz CT molecular complexity index is 951. The van der Waals surface area contributed by atoms with Crippen molar-refractivity contribution in [2.24, 2.45) is 4.99 Å². The van der Waals surface area contributed by atoms with Gasteiger partial charge in [0.2, 0.25) is 0 Å². The molecule has 0 saturated heterocycles. The topological polar surface area (TPSA) is 74.2 Å². The quantitative estimate of drug-likeness (QED) is 0.593. The molecule has 1 heterocycles. The second-order valence-electron chi connectivity index (χ2n) is 7.00. The molecule has 6 nitrogen and oxygen atoms in total. The molecule has 2 aromatic rings. The third-order valence-corrected chi connectivity index (χ3v) is 6.15. The Morgan fingerprint density at radius 1 is 1.33 bits per heavy atom. The van der Waals surface area contributed by atoms with E-state index in [1.807, 2.05) is 48.5 Å². The lowest BCUT2D eigenvalue weighted by molar-refractivity contribution is -0.141. The number of nitrogens with zero attached hydrogens (tertiary/aromatic N) is 2. The zero-order chi connectivity index (χ0) is 21.7. The minimum Gasteiger partial charge on any atom is -0.497 e. The lowest BCUT2D eigenvalue weighted by Crippen LogP contribution is -2.56. The van der Waals surface area contributed by atoms with Crippen LogP contribution in [0.2, 0.25) is 0 Å². The molecule has 8 heteroatoms. The fraction of sp³-hybridized carbons (Fsp3) is 0.318. The molecule has 0 spiro atoms. The van der Waals surface area contributed by atoms with Crippen LogP contribution in [-0.2, 0) is 10.3 Å². The van der Waals surface area contributed by atoms with Crippen LogP contribution in [0.25, 0.3) is 0 Å². The summed E-state index contributed by atoms with van der Waals surface area (Å²) in [6.45, 7) is 2.54. The molecular formula is C22H24BrN3O3S. The first-order valence-electron chi connectivity index (χ1n) is 9.65. The largest absolute Gasteiger partial charge is 0.497 e. The Morgan fingerprint density at radius 3 is 2.67 bits per heavy atom. The number of benzene rings is 2. The standard InChI is InChI=1S/C22H24BrN3O3S/c1-3-22(16-5-4-6-17(23)13-16,15-7-9-18(29-2)10-8-15)25-21(30)26-14-24-12-11-19(26)20(27)28/h4-10,13-14,19H,3,11-12H2,1-2H3,(H,25,30)(H,27,28)/t19-,22?/m0/s1. The van der Waals surface area contributed by atoms with Crippen molar-refractivity contribution >= 4 is 45.6 Å². The van der Waals surface area contributed by atoms with Crippen LogP contribution in [-0.4, -0.2) is 47.1 Å². The van der Waals surface area contributed by atoms with Crippen molar-refractivity contribution in [3.63, 3.8) is 0 Å². The average molecular weight is 490 g/mol. The molecule has 158 valence electrons. The Hall–Kier alpha value is -2.45. The molecule has 3 rings (SSSR count). The summed E-state index contributed by atoms with van der Waals surface area (Å²) in [4.78, 5) is 17.5. The minimum atomic E-state index is -0.917. The van der Waals surface area contributed by atoms with Crippen LogP contribution in [0.5, 0.6) is 5.75 Å². The average Bonchev–Trinajstić information content (AvgIpc) is 2.77. The van der Waals surface area contributed by atoms with Crippen LogP contribution in [0.1, 0.15) is 30.9 Å². The number of carbonyl (C=O) groups is 1. The van der Waals surface area contributed by atoms with Gasteiger partial charge in [0.15, 0.2) is 5.11 Å². The number of carboxylic acids is 1. The number of aliphatic carboxylic acids is 1. The fourth-order valence-corrected chi connectivity index (χ4v) is 4.43. The highest BCUT2D eigenvalue weighted by Crippen LogP contribution is 2.35. The first kappa shape index (κ1) is 22.2. The summed E-state index contributed by atoms with van der Waals surface area (Å²) in [6.07, 6.45) is 2.61. The van der Waals surface area contributed by atoms with Crippen LogP contribution in [0.3, 0.4) is 0 Å². The number of ether oxygens (including phenoxy) is 1. The predicted molar refractivity (Wildman–Crippen MR) is 125 cm³/mol. The molecule has 1 unspecified atom stereocenters. The number of nitrogens with one attached hydrogen (secondary N) is 1. The zero-order valence-corrected chi connectivity index (χ0v) is 19.2. The molecule has 0 radical (unpaired) electrons. The van der Waals surface area contributed by atoms with E-state index in [1.54, 1.807) is 7.11 Å². The third-order valence-electron chi connectivity index (χ3n) is 5.34. The number of hydrogen-bond donors (Lipinski definition) is 2. The van der Waals surface area contributed by atoms with Gasteiger partial charge >= 0.3 is 5.97 Å². The number of aliphatic imine (C=N–C) groups is 1. The third kappa shape index (κ3) is 4.49. The molecule has 2 aromatic carbocycles. The molecule has 0 bridgehead atoms.